The summed E-state index contributed by atoms with van der Waals surface area (Å²) in [5.41, 5.74) is 1.08. The fraction of sp³-hybridized carbons (Fsp3) is 0.500. The van der Waals surface area contributed by atoms with Crippen molar-refractivity contribution in [2.24, 2.45) is 0 Å². The number of nitro groups is 1. The Morgan fingerprint density at radius 1 is 1.47 bits per heavy atom. The molecule has 0 spiro atoms. The van der Waals surface area contributed by atoms with E-state index in [-0.39, 0.29) is 5.69 Å². The van der Waals surface area contributed by atoms with Crippen molar-refractivity contribution in [3.8, 4) is 0 Å². The van der Waals surface area contributed by atoms with Gasteiger partial charge < -0.3 is 10.4 Å². The van der Waals surface area contributed by atoms with Crippen molar-refractivity contribution in [3.05, 3.63) is 33.9 Å². The van der Waals surface area contributed by atoms with Crippen LogP contribution in [0.25, 0.3) is 0 Å². The SMILES string of the molecule is Cc1ccc([N+](=O)[O-])cc1NC(C)(C)C(C)O. The number of hydrogen-bond donors (Lipinski definition) is 2. The van der Waals surface area contributed by atoms with Crippen LogP contribution in [0.2, 0.25) is 0 Å². The van der Waals surface area contributed by atoms with Crippen LogP contribution in [0.3, 0.4) is 0 Å². The van der Waals surface area contributed by atoms with E-state index >= 15 is 0 Å². The minimum absolute atomic E-state index is 0.0412. The maximum absolute atomic E-state index is 10.7. The number of rotatable bonds is 4. The van der Waals surface area contributed by atoms with Gasteiger partial charge in [0.2, 0.25) is 0 Å². The lowest BCUT2D eigenvalue weighted by atomic mass is 9.97. The second kappa shape index (κ2) is 4.71. The first-order valence-corrected chi connectivity index (χ1v) is 5.45. The van der Waals surface area contributed by atoms with E-state index in [1.54, 1.807) is 13.0 Å². The topological polar surface area (TPSA) is 75.4 Å². The maximum atomic E-state index is 10.7. The monoisotopic (exact) mass is 238 g/mol. The molecular weight excluding hydrogens is 220 g/mol. The molecule has 1 unspecified atom stereocenters. The Labute approximate surface area is 101 Å². The van der Waals surface area contributed by atoms with E-state index in [1.165, 1.54) is 12.1 Å². The summed E-state index contributed by atoms with van der Waals surface area (Å²) >= 11 is 0. The molecule has 1 atom stereocenters. The molecule has 0 aliphatic carbocycles. The molecule has 0 aliphatic heterocycles. The molecular formula is C12H18N2O3. The molecule has 0 radical (unpaired) electrons. The van der Waals surface area contributed by atoms with Gasteiger partial charge in [0.05, 0.1) is 16.6 Å². The molecule has 0 bridgehead atoms. The highest BCUT2D eigenvalue weighted by Crippen LogP contribution is 2.26. The number of hydrogen-bond acceptors (Lipinski definition) is 4. The molecule has 0 saturated heterocycles. The standard InChI is InChI=1S/C12H18N2O3/c1-8-5-6-10(14(16)17)7-11(8)13-12(3,4)9(2)15/h5-7,9,13,15H,1-4H3. The molecule has 0 aliphatic rings. The van der Waals surface area contributed by atoms with E-state index in [2.05, 4.69) is 5.32 Å². The Balaban J connectivity index is 3.06. The van der Waals surface area contributed by atoms with Crippen LogP contribution in [0, 0.1) is 17.0 Å². The van der Waals surface area contributed by atoms with Crippen molar-refractivity contribution < 1.29 is 10.0 Å². The summed E-state index contributed by atoms with van der Waals surface area (Å²) in [6, 6.07) is 4.65. The number of nitro benzene ring substituents is 1. The summed E-state index contributed by atoms with van der Waals surface area (Å²) in [6.07, 6.45) is -0.568. The molecule has 1 rings (SSSR count). The lowest BCUT2D eigenvalue weighted by molar-refractivity contribution is -0.384. The van der Waals surface area contributed by atoms with E-state index in [0.29, 0.717) is 5.69 Å². The highest BCUT2D eigenvalue weighted by atomic mass is 16.6. The number of benzene rings is 1. The molecule has 17 heavy (non-hydrogen) atoms. The zero-order valence-electron chi connectivity index (χ0n) is 10.5. The third-order valence-electron chi connectivity index (χ3n) is 2.93. The van der Waals surface area contributed by atoms with Crippen molar-refractivity contribution in [2.45, 2.75) is 39.3 Å². The lowest BCUT2D eigenvalue weighted by Crippen LogP contribution is -2.42. The summed E-state index contributed by atoms with van der Waals surface area (Å²) in [5.74, 6) is 0. The third kappa shape index (κ3) is 3.17. The van der Waals surface area contributed by atoms with Gasteiger partial charge >= 0.3 is 0 Å². The largest absolute Gasteiger partial charge is 0.391 e. The van der Waals surface area contributed by atoms with E-state index in [9.17, 15) is 15.2 Å². The average molecular weight is 238 g/mol. The van der Waals surface area contributed by atoms with Gasteiger partial charge in [-0.2, -0.15) is 0 Å². The first-order valence-electron chi connectivity index (χ1n) is 5.45. The second-order valence-electron chi connectivity index (χ2n) is 4.78. The van der Waals surface area contributed by atoms with Crippen molar-refractivity contribution in [3.63, 3.8) is 0 Å². The van der Waals surface area contributed by atoms with Crippen molar-refractivity contribution in [1.82, 2.24) is 0 Å². The lowest BCUT2D eigenvalue weighted by Gasteiger charge is -2.31. The van der Waals surface area contributed by atoms with Crippen LogP contribution < -0.4 is 5.32 Å². The molecule has 0 fully saturated rings. The van der Waals surface area contributed by atoms with Crippen LogP contribution in [0.5, 0.6) is 0 Å². The molecule has 2 N–H and O–H groups in total. The molecule has 94 valence electrons. The van der Waals surface area contributed by atoms with Crippen LogP contribution in [0.15, 0.2) is 18.2 Å². The summed E-state index contributed by atoms with van der Waals surface area (Å²) < 4.78 is 0. The Hall–Kier alpha value is -1.62. The number of anilines is 1. The number of aryl methyl sites for hydroxylation is 1. The Kier molecular flexibility index (Phi) is 3.72. The van der Waals surface area contributed by atoms with Gasteiger partial charge in [0.25, 0.3) is 5.69 Å². The van der Waals surface area contributed by atoms with Gasteiger partial charge in [-0.3, -0.25) is 10.1 Å². The predicted molar refractivity (Wildman–Crippen MR) is 67.2 cm³/mol. The molecule has 0 aromatic heterocycles. The van der Waals surface area contributed by atoms with Crippen LogP contribution in [0.4, 0.5) is 11.4 Å². The Morgan fingerprint density at radius 2 is 2.06 bits per heavy atom. The molecule has 5 heteroatoms. The Bertz CT molecular complexity index is 428. The summed E-state index contributed by atoms with van der Waals surface area (Å²) in [4.78, 5) is 10.3. The second-order valence-corrected chi connectivity index (χ2v) is 4.78. The summed E-state index contributed by atoms with van der Waals surface area (Å²) in [6.45, 7) is 7.23. The molecule has 0 heterocycles. The molecule has 5 nitrogen and oxygen atoms in total. The summed E-state index contributed by atoms with van der Waals surface area (Å²) in [7, 11) is 0. The van der Waals surface area contributed by atoms with Crippen molar-refractivity contribution in [2.75, 3.05) is 5.32 Å². The van der Waals surface area contributed by atoms with Gasteiger partial charge in [-0.15, -0.1) is 0 Å². The third-order valence-corrected chi connectivity index (χ3v) is 2.93. The number of aliphatic hydroxyl groups is 1. The minimum Gasteiger partial charge on any atom is -0.391 e. The fourth-order valence-corrected chi connectivity index (χ4v) is 1.31. The molecule has 1 aromatic carbocycles. The highest BCUT2D eigenvalue weighted by molar-refractivity contribution is 5.58. The number of aliphatic hydroxyl groups excluding tert-OH is 1. The van der Waals surface area contributed by atoms with Crippen molar-refractivity contribution in [1.29, 1.82) is 0 Å². The average Bonchev–Trinajstić information content (AvgIpc) is 2.20. The first kappa shape index (κ1) is 13.4. The van der Waals surface area contributed by atoms with Gasteiger partial charge in [0, 0.05) is 17.8 Å². The zero-order chi connectivity index (χ0) is 13.2. The normalized spacial score (nSPS) is 13.2. The van der Waals surface area contributed by atoms with Crippen LogP contribution in [0.1, 0.15) is 26.3 Å². The van der Waals surface area contributed by atoms with Gasteiger partial charge in [-0.1, -0.05) is 6.07 Å². The number of nitrogens with one attached hydrogen (secondary N) is 1. The smallest absolute Gasteiger partial charge is 0.271 e. The predicted octanol–water partition coefficient (Wildman–Crippen LogP) is 2.47. The zero-order valence-corrected chi connectivity index (χ0v) is 10.5. The first-order chi connectivity index (χ1) is 7.74. The highest BCUT2D eigenvalue weighted by Gasteiger charge is 2.24. The van der Waals surface area contributed by atoms with Crippen LogP contribution in [-0.2, 0) is 0 Å². The van der Waals surface area contributed by atoms with E-state index in [0.717, 1.165) is 5.56 Å². The Morgan fingerprint density at radius 3 is 2.53 bits per heavy atom. The van der Waals surface area contributed by atoms with Gasteiger partial charge in [-0.25, -0.2) is 0 Å². The van der Waals surface area contributed by atoms with Crippen LogP contribution >= 0.6 is 0 Å². The van der Waals surface area contributed by atoms with E-state index < -0.39 is 16.6 Å². The quantitative estimate of drug-likeness (QED) is 0.624. The minimum atomic E-state index is -0.568. The fourth-order valence-electron chi connectivity index (χ4n) is 1.31. The van der Waals surface area contributed by atoms with Gasteiger partial charge in [-0.05, 0) is 33.3 Å². The summed E-state index contributed by atoms with van der Waals surface area (Å²) in [5, 5.41) is 23.4. The molecule has 1 aromatic rings. The molecule has 0 amide bonds. The number of non-ortho nitro benzene ring substituents is 1. The molecule has 0 saturated carbocycles. The van der Waals surface area contributed by atoms with E-state index in [1.807, 2.05) is 20.8 Å². The van der Waals surface area contributed by atoms with Gasteiger partial charge in [0.15, 0.2) is 0 Å². The van der Waals surface area contributed by atoms with Gasteiger partial charge in [0.1, 0.15) is 0 Å². The van der Waals surface area contributed by atoms with Crippen molar-refractivity contribution >= 4 is 11.4 Å². The van der Waals surface area contributed by atoms with Crippen LogP contribution in [-0.4, -0.2) is 21.7 Å². The van der Waals surface area contributed by atoms with E-state index in [4.69, 9.17) is 0 Å². The maximum Gasteiger partial charge on any atom is 0.271 e. The number of nitrogens with zero attached hydrogens (tertiary/aromatic N) is 1.